The molecule has 0 aromatic rings. The van der Waals surface area contributed by atoms with Gasteiger partial charge in [0.15, 0.2) is 0 Å². The zero-order chi connectivity index (χ0) is 12.6. The highest BCUT2D eigenvalue weighted by Crippen LogP contribution is 2.38. The molecule has 1 unspecified atom stereocenters. The Hall–Kier alpha value is 0.140. The van der Waals surface area contributed by atoms with Crippen LogP contribution in [-0.2, 0) is 0 Å². The SMILES string of the molecule is CCN1N=CN(C(Cl)(Cl)Cl)C1CC(C)(C)C. The zero-order valence-electron chi connectivity index (χ0n) is 10.0. The topological polar surface area (TPSA) is 18.8 Å². The van der Waals surface area contributed by atoms with Crippen molar-refractivity contribution in [3.8, 4) is 0 Å². The van der Waals surface area contributed by atoms with Crippen molar-refractivity contribution in [1.29, 1.82) is 0 Å². The molecule has 0 saturated carbocycles. The Morgan fingerprint density at radius 2 is 1.81 bits per heavy atom. The van der Waals surface area contributed by atoms with Crippen molar-refractivity contribution in [3.05, 3.63) is 0 Å². The van der Waals surface area contributed by atoms with E-state index in [9.17, 15) is 0 Å². The van der Waals surface area contributed by atoms with Crippen LogP contribution in [0.2, 0.25) is 0 Å². The largest absolute Gasteiger partial charge is 0.295 e. The van der Waals surface area contributed by atoms with Crippen molar-refractivity contribution >= 4 is 41.1 Å². The third-order valence-electron chi connectivity index (χ3n) is 2.40. The summed E-state index contributed by atoms with van der Waals surface area (Å²) < 4.78 is -1.44. The zero-order valence-corrected chi connectivity index (χ0v) is 12.3. The van der Waals surface area contributed by atoms with E-state index in [1.165, 1.54) is 0 Å². The Kier molecular flexibility index (Phi) is 4.25. The second kappa shape index (κ2) is 4.79. The van der Waals surface area contributed by atoms with Gasteiger partial charge in [0.25, 0.3) is 3.92 Å². The van der Waals surface area contributed by atoms with Gasteiger partial charge in [-0.3, -0.25) is 9.91 Å². The van der Waals surface area contributed by atoms with Gasteiger partial charge in [0, 0.05) is 6.54 Å². The molecule has 0 N–H and O–H groups in total. The lowest BCUT2D eigenvalue weighted by molar-refractivity contribution is 0.0918. The lowest BCUT2D eigenvalue weighted by Gasteiger charge is -2.37. The first-order valence-electron chi connectivity index (χ1n) is 5.31. The molecule has 1 aliphatic heterocycles. The minimum Gasteiger partial charge on any atom is -0.295 e. The van der Waals surface area contributed by atoms with Crippen LogP contribution in [0, 0.1) is 5.41 Å². The Labute approximate surface area is 112 Å². The van der Waals surface area contributed by atoms with E-state index in [2.05, 4.69) is 25.9 Å². The highest BCUT2D eigenvalue weighted by molar-refractivity contribution is 6.67. The molecule has 0 aromatic carbocycles. The number of nitrogens with zero attached hydrogens (tertiary/aromatic N) is 3. The predicted octanol–water partition coefficient (Wildman–Crippen LogP) is 3.66. The van der Waals surface area contributed by atoms with Crippen LogP contribution in [-0.4, -0.2) is 32.9 Å². The third kappa shape index (κ3) is 3.57. The lowest BCUT2D eigenvalue weighted by atomic mass is 9.90. The number of halogens is 3. The molecule has 16 heavy (non-hydrogen) atoms. The Bertz CT molecular complexity index is 267. The number of hydrazone groups is 1. The van der Waals surface area contributed by atoms with E-state index >= 15 is 0 Å². The summed E-state index contributed by atoms with van der Waals surface area (Å²) in [6.07, 6.45) is 2.50. The van der Waals surface area contributed by atoms with E-state index in [1.807, 2.05) is 11.9 Å². The normalized spacial score (nSPS) is 22.1. The quantitative estimate of drug-likeness (QED) is 0.570. The fourth-order valence-electron chi connectivity index (χ4n) is 1.70. The summed E-state index contributed by atoms with van der Waals surface area (Å²) in [6, 6.07) is 0. The van der Waals surface area contributed by atoms with Crippen molar-refractivity contribution in [2.75, 3.05) is 6.54 Å². The molecule has 1 atom stereocenters. The molecule has 1 aliphatic rings. The first kappa shape index (κ1) is 14.2. The highest BCUT2D eigenvalue weighted by atomic mass is 35.6. The summed E-state index contributed by atoms with van der Waals surface area (Å²) in [7, 11) is 0. The van der Waals surface area contributed by atoms with Gasteiger partial charge in [0.1, 0.15) is 12.5 Å². The predicted molar refractivity (Wildman–Crippen MR) is 70.9 cm³/mol. The smallest absolute Gasteiger partial charge is 0.270 e. The van der Waals surface area contributed by atoms with E-state index in [1.54, 1.807) is 11.2 Å². The standard InChI is InChI=1S/C10H18Cl3N3/c1-5-16-8(6-9(2,3)4)15(7-14-16)10(11,12)13/h7-8H,5-6H2,1-4H3. The average Bonchev–Trinajstić information content (AvgIpc) is 2.43. The fraction of sp³-hybridized carbons (Fsp3) is 0.900. The molecule has 0 aliphatic carbocycles. The van der Waals surface area contributed by atoms with E-state index in [4.69, 9.17) is 34.8 Å². The molecule has 0 aromatic heterocycles. The molecular weight excluding hydrogens is 268 g/mol. The molecule has 0 saturated heterocycles. The Balaban J connectivity index is 2.83. The summed E-state index contributed by atoms with van der Waals surface area (Å²) >= 11 is 17.8. The van der Waals surface area contributed by atoms with Gasteiger partial charge < -0.3 is 0 Å². The summed E-state index contributed by atoms with van der Waals surface area (Å²) in [6.45, 7) is 9.32. The summed E-state index contributed by atoms with van der Waals surface area (Å²) in [5.74, 6) is 0. The minimum atomic E-state index is -1.44. The second-order valence-corrected chi connectivity index (χ2v) is 7.33. The van der Waals surface area contributed by atoms with Crippen molar-refractivity contribution in [1.82, 2.24) is 9.91 Å². The molecule has 94 valence electrons. The highest BCUT2D eigenvalue weighted by Gasteiger charge is 2.40. The van der Waals surface area contributed by atoms with Crippen molar-refractivity contribution in [2.24, 2.45) is 10.5 Å². The molecular formula is C10H18Cl3N3. The first-order valence-corrected chi connectivity index (χ1v) is 6.44. The van der Waals surface area contributed by atoms with Crippen LogP contribution in [0.3, 0.4) is 0 Å². The maximum absolute atomic E-state index is 5.92. The molecule has 1 rings (SSSR count). The Morgan fingerprint density at radius 3 is 2.19 bits per heavy atom. The summed E-state index contributed by atoms with van der Waals surface area (Å²) in [5, 5.41) is 6.19. The van der Waals surface area contributed by atoms with Crippen LogP contribution < -0.4 is 0 Å². The van der Waals surface area contributed by atoms with Crippen molar-refractivity contribution < 1.29 is 0 Å². The third-order valence-corrected chi connectivity index (χ3v) is 2.99. The van der Waals surface area contributed by atoms with Crippen LogP contribution >= 0.6 is 34.8 Å². The van der Waals surface area contributed by atoms with Gasteiger partial charge in [0.05, 0.1) is 0 Å². The lowest BCUT2D eigenvalue weighted by Crippen LogP contribution is -2.47. The van der Waals surface area contributed by atoms with Gasteiger partial charge in [-0.25, -0.2) is 0 Å². The van der Waals surface area contributed by atoms with Gasteiger partial charge in [-0.15, -0.1) is 0 Å². The monoisotopic (exact) mass is 285 g/mol. The van der Waals surface area contributed by atoms with Crippen LogP contribution in [0.15, 0.2) is 5.10 Å². The summed E-state index contributed by atoms with van der Waals surface area (Å²) in [5.41, 5.74) is 0.153. The molecule has 6 heteroatoms. The maximum atomic E-state index is 5.92. The van der Waals surface area contributed by atoms with Gasteiger partial charge in [-0.1, -0.05) is 55.6 Å². The van der Waals surface area contributed by atoms with Crippen LogP contribution in [0.1, 0.15) is 34.1 Å². The van der Waals surface area contributed by atoms with Gasteiger partial charge >= 0.3 is 0 Å². The molecule has 1 heterocycles. The number of hydrogen-bond acceptors (Lipinski definition) is 3. The van der Waals surface area contributed by atoms with Crippen molar-refractivity contribution in [2.45, 2.75) is 44.2 Å². The van der Waals surface area contributed by atoms with Crippen LogP contribution in [0.4, 0.5) is 0 Å². The second-order valence-electron chi connectivity index (χ2n) is 5.11. The average molecular weight is 287 g/mol. The number of hydrogen-bond donors (Lipinski definition) is 0. The molecule has 3 nitrogen and oxygen atoms in total. The van der Waals surface area contributed by atoms with Gasteiger partial charge in [-0.2, -0.15) is 5.10 Å². The maximum Gasteiger partial charge on any atom is 0.270 e. The molecule has 0 amide bonds. The van der Waals surface area contributed by atoms with E-state index in [-0.39, 0.29) is 11.6 Å². The summed E-state index contributed by atoms with van der Waals surface area (Å²) in [4.78, 5) is 1.67. The molecule has 0 radical (unpaired) electrons. The van der Waals surface area contributed by atoms with Crippen LogP contribution in [0.5, 0.6) is 0 Å². The fourth-order valence-corrected chi connectivity index (χ4v) is 2.17. The Morgan fingerprint density at radius 1 is 1.25 bits per heavy atom. The molecule has 0 bridgehead atoms. The first-order chi connectivity index (χ1) is 7.15. The minimum absolute atomic E-state index is 0.0116. The molecule has 0 fully saturated rings. The van der Waals surface area contributed by atoms with Crippen LogP contribution in [0.25, 0.3) is 0 Å². The number of alkyl halides is 3. The molecule has 0 spiro atoms. The number of rotatable bonds is 2. The van der Waals surface area contributed by atoms with E-state index < -0.39 is 3.92 Å². The van der Waals surface area contributed by atoms with Gasteiger partial charge in [0.2, 0.25) is 0 Å². The van der Waals surface area contributed by atoms with Crippen molar-refractivity contribution in [3.63, 3.8) is 0 Å². The van der Waals surface area contributed by atoms with E-state index in [0.29, 0.717) is 0 Å². The van der Waals surface area contributed by atoms with Gasteiger partial charge in [-0.05, 0) is 18.8 Å². The van der Waals surface area contributed by atoms with E-state index in [0.717, 1.165) is 13.0 Å².